The van der Waals surface area contributed by atoms with Crippen molar-refractivity contribution in [2.45, 2.75) is 6.18 Å². The average molecular weight is 414 g/mol. The second-order valence-corrected chi connectivity index (χ2v) is 6.19. The van der Waals surface area contributed by atoms with Crippen molar-refractivity contribution in [3.05, 3.63) is 60.6 Å². The number of halogens is 3. The molecule has 0 atom stereocenters. The normalized spacial score (nSPS) is 11.4. The molecule has 30 heavy (non-hydrogen) atoms. The first-order chi connectivity index (χ1) is 14.4. The molecular formula is C19H13F3N6O2. The molecule has 152 valence electrons. The van der Waals surface area contributed by atoms with Gasteiger partial charge in [-0.15, -0.1) is 10.2 Å². The molecule has 0 aliphatic carbocycles. The molecule has 2 amide bonds. The van der Waals surface area contributed by atoms with Crippen LogP contribution in [-0.2, 0) is 6.18 Å². The van der Waals surface area contributed by atoms with Crippen LogP contribution in [0.25, 0.3) is 33.6 Å². The molecule has 4 rings (SSSR count). The number of amides is 2. The van der Waals surface area contributed by atoms with Gasteiger partial charge < -0.3 is 15.5 Å². The van der Waals surface area contributed by atoms with Crippen molar-refractivity contribution in [1.82, 2.24) is 20.6 Å². The average Bonchev–Trinajstić information content (AvgIpc) is 3.41. The number of aromatic nitrogens is 4. The van der Waals surface area contributed by atoms with E-state index in [2.05, 4.69) is 25.9 Å². The number of nitrogens with one attached hydrogen (secondary N) is 2. The molecule has 4 aromatic rings. The predicted molar refractivity (Wildman–Crippen MR) is 101 cm³/mol. The Morgan fingerprint density at radius 1 is 1.07 bits per heavy atom. The third kappa shape index (κ3) is 3.48. The number of tetrazole rings is 1. The first kappa shape index (κ1) is 19.2. The Morgan fingerprint density at radius 2 is 1.87 bits per heavy atom. The maximum Gasteiger partial charge on any atom is 0.417 e. The van der Waals surface area contributed by atoms with Crippen LogP contribution < -0.4 is 11.1 Å². The number of H-pyrrole nitrogens is 1. The zero-order valence-corrected chi connectivity index (χ0v) is 15.1. The van der Waals surface area contributed by atoms with E-state index in [0.717, 1.165) is 6.07 Å². The summed E-state index contributed by atoms with van der Waals surface area (Å²) in [5.74, 6) is -0.0175. The van der Waals surface area contributed by atoms with Crippen molar-refractivity contribution in [3.8, 4) is 33.6 Å². The Kier molecular flexibility index (Phi) is 4.70. The second kappa shape index (κ2) is 7.35. The zero-order valence-electron chi connectivity index (χ0n) is 15.1. The highest BCUT2D eigenvalue weighted by Crippen LogP contribution is 2.47. The van der Waals surface area contributed by atoms with Crippen LogP contribution in [0.15, 0.2) is 59.4 Å². The van der Waals surface area contributed by atoms with Crippen LogP contribution in [0, 0.1) is 0 Å². The number of aromatic amines is 1. The highest BCUT2D eigenvalue weighted by molar-refractivity contribution is 6.03. The minimum absolute atomic E-state index is 0.0175. The van der Waals surface area contributed by atoms with Gasteiger partial charge in [0.2, 0.25) is 5.82 Å². The number of rotatable bonds is 4. The van der Waals surface area contributed by atoms with Crippen LogP contribution in [0.2, 0.25) is 0 Å². The fourth-order valence-corrected chi connectivity index (χ4v) is 3.23. The molecular weight excluding hydrogens is 401 g/mol. The van der Waals surface area contributed by atoms with Crippen molar-refractivity contribution >= 4 is 11.7 Å². The lowest BCUT2D eigenvalue weighted by Crippen LogP contribution is -2.20. The molecule has 0 fully saturated rings. The van der Waals surface area contributed by atoms with Crippen LogP contribution >= 0.6 is 0 Å². The van der Waals surface area contributed by atoms with Gasteiger partial charge in [-0.05, 0) is 34.5 Å². The molecule has 8 nitrogen and oxygen atoms in total. The second-order valence-electron chi connectivity index (χ2n) is 6.19. The van der Waals surface area contributed by atoms with Gasteiger partial charge in [0.25, 0.3) is 0 Å². The van der Waals surface area contributed by atoms with E-state index in [-0.39, 0.29) is 28.2 Å². The van der Waals surface area contributed by atoms with E-state index in [1.807, 2.05) is 0 Å². The zero-order chi connectivity index (χ0) is 21.3. The number of furan rings is 1. The molecule has 2 aromatic heterocycles. The van der Waals surface area contributed by atoms with Crippen LogP contribution in [0.1, 0.15) is 5.56 Å². The quantitative estimate of drug-likeness (QED) is 0.459. The Labute approximate surface area is 166 Å². The molecule has 0 radical (unpaired) electrons. The maximum absolute atomic E-state index is 13.8. The molecule has 0 spiro atoms. The molecule has 4 N–H and O–H groups in total. The van der Waals surface area contributed by atoms with Gasteiger partial charge in [-0.25, -0.2) is 4.79 Å². The lowest BCUT2D eigenvalue weighted by atomic mass is 9.87. The Balaban J connectivity index is 2.14. The van der Waals surface area contributed by atoms with Crippen LogP contribution in [-0.4, -0.2) is 26.7 Å². The number of carbonyl (C=O) groups excluding carboxylic acids is 1. The van der Waals surface area contributed by atoms with E-state index in [4.69, 9.17) is 10.2 Å². The van der Waals surface area contributed by atoms with Gasteiger partial charge in [0.05, 0.1) is 29.3 Å². The summed E-state index contributed by atoms with van der Waals surface area (Å²) < 4.78 is 46.6. The van der Waals surface area contributed by atoms with Crippen molar-refractivity contribution in [1.29, 1.82) is 0 Å². The summed E-state index contributed by atoms with van der Waals surface area (Å²) in [7, 11) is 0. The van der Waals surface area contributed by atoms with Gasteiger partial charge in [0.1, 0.15) is 0 Å². The Bertz CT molecular complexity index is 1190. The highest BCUT2D eigenvalue weighted by atomic mass is 19.4. The van der Waals surface area contributed by atoms with Crippen molar-refractivity contribution in [3.63, 3.8) is 0 Å². The smallest absolute Gasteiger partial charge is 0.417 e. The molecule has 11 heteroatoms. The summed E-state index contributed by atoms with van der Waals surface area (Å²) in [5, 5.41) is 16.0. The molecule has 0 saturated carbocycles. The van der Waals surface area contributed by atoms with E-state index in [1.165, 1.54) is 36.8 Å². The number of hydrogen-bond donors (Lipinski definition) is 3. The Morgan fingerprint density at radius 3 is 2.50 bits per heavy atom. The largest absolute Gasteiger partial charge is 0.472 e. The summed E-state index contributed by atoms with van der Waals surface area (Å²) in [5.41, 5.74) is 5.59. The fraction of sp³-hybridized carbons (Fsp3) is 0.0526. The third-order valence-corrected chi connectivity index (χ3v) is 4.37. The first-order valence-electron chi connectivity index (χ1n) is 8.52. The fourth-order valence-electron chi connectivity index (χ4n) is 3.23. The molecule has 0 bridgehead atoms. The summed E-state index contributed by atoms with van der Waals surface area (Å²) in [6.45, 7) is 0. The SMILES string of the molecule is NC(=O)Nc1ccc(-c2ccoc2)c(-c2ccccc2C(F)(F)F)c1-c1nn[nH]n1. The number of hydrogen-bond acceptors (Lipinski definition) is 5. The topological polar surface area (TPSA) is 123 Å². The number of primary amides is 1. The lowest BCUT2D eigenvalue weighted by Gasteiger charge is -2.20. The van der Waals surface area contributed by atoms with Crippen molar-refractivity contribution in [2.24, 2.45) is 5.73 Å². The lowest BCUT2D eigenvalue weighted by molar-refractivity contribution is -0.137. The van der Waals surface area contributed by atoms with Crippen LogP contribution in [0.5, 0.6) is 0 Å². The van der Waals surface area contributed by atoms with Gasteiger partial charge in [0.15, 0.2) is 0 Å². The van der Waals surface area contributed by atoms with Gasteiger partial charge in [-0.2, -0.15) is 18.4 Å². The summed E-state index contributed by atoms with van der Waals surface area (Å²) >= 11 is 0. The van der Waals surface area contributed by atoms with E-state index in [1.54, 1.807) is 12.1 Å². The number of urea groups is 1. The highest BCUT2D eigenvalue weighted by Gasteiger charge is 2.35. The summed E-state index contributed by atoms with van der Waals surface area (Å²) in [6, 6.07) is 8.85. The van der Waals surface area contributed by atoms with Gasteiger partial charge in [-0.1, -0.05) is 24.3 Å². The third-order valence-electron chi connectivity index (χ3n) is 4.37. The monoisotopic (exact) mass is 414 g/mol. The predicted octanol–water partition coefficient (Wildman–Crippen LogP) is 4.30. The molecule has 0 saturated heterocycles. The number of nitrogens with two attached hydrogens (primary N) is 1. The first-order valence-corrected chi connectivity index (χ1v) is 8.52. The van der Waals surface area contributed by atoms with Gasteiger partial charge in [0, 0.05) is 11.1 Å². The van der Waals surface area contributed by atoms with Crippen molar-refractivity contribution in [2.75, 3.05) is 5.32 Å². The molecule has 2 heterocycles. The van der Waals surface area contributed by atoms with E-state index < -0.39 is 17.8 Å². The van der Waals surface area contributed by atoms with Gasteiger partial charge in [-0.3, -0.25) is 0 Å². The van der Waals surface area contributed by atoms with Crippen molar-refractivity contribution < 1.29 is 22.4 Å². The molecule has 0 aliphatic rings. The molecule has 2 aromatic carbocycles. The van der Waals surface area contributed by atoms with Gasteiger partial charge >= 0.3 is 12.2 Å². The number of anilines is 1. The number of alkyl halides is 3. The number of carbonyl (C=O) groups is 1. The van der Waals surface area contributed by atoms with Crippen LogP contribution in [0.3, 0.4) is 0 Å². The molecule has 0 unspecified atom stereocenters. The number of benzene rings is 2. The minimum atomic E-state index is -4.63. The van der Waals surface area contributed by atoms with E-state index in [9.17, 15) is 18.0 Å². The van der Waals surface area contributed by atoms with Crippen LogP contribution in [0.4, 0.5) is 23.7 Å². The van der Waals surface area contributed by atoms with E-state index >= 15 is 0 Å². The molecule has 0 aliphatic heterocycles. The van der Waals surface area contributed by atoms with E-state index in [0.29, 0.717) is 11.1 Å². The summed E-state index contributed by atoms with van der Waals surface area (Å²) in [6.07, 6.45) is -1.83. The maximum atomic E-state index is 13.8. The summed E-state index contributed by atoms with van der Waals surface area (Å²) in [4.78, 5) is 11.5. The minimum Gasteiger partial charge on any atom is -0.472 e. The standard InChI is InChI=1S/C19H13F3N6O2/c20-19(21,22)13-4-2-1-3-12(13)15-11(10-7-8-30-9-10)5-6-14(24-18(23)29)16(15)17-25-27-28-26-17/h1-9H,(H3,23,24,29)(H,25,26,27,28). The number of nitrogens with zero attached hydrogens (tertiary/aromatic N) is 3. The Hall–Kier alpha value is -4.15.